The van der Waals surface area contributed by atoms with Crippen molar-refractivity contribution in [1.82, 2.24) is 20.9 Å². The van der Waals surface area contributed by atoms with Crippen LogP contribution in [0.4, 0.5) is 0 Å². The summed E-state index contributed by atoms with van der Waals surface area (Å²) in [6, 6.07) is 0.426. The summed E-state index contributed by atoms with van der Waals surface area (Å²) >= 11 is 5.47. The monoisotopic (exact) mass is 328 g/mol. The van der Waals surface area contributed by atoms with E-state index in [4.69, 9.17) is 17.0 Å². The second-order valence-electron chi connectivity index (χ2n) is 7.85. The van der Waals surface area contributed by atoms with E-state index in [0.29, 0.717) is 6.04 Å². The van der Waals surface area contributed by atoms with E-state index in [0.717, 1.165) is 57.3 Å². The van der Waals surface area contributed by atoms with Crippen molar-refractivity contribution in [3.05, 3.63) is 0 Å². The number of rotatable bonds is 4. The smallest absolute Gasteiger partial charge is 0.166 e. The fraction of sp³-hybridized carbons (Fsp3) is 0.938. The van der Waals surface area contributed by atoms with Crippen LogP contribution in [0.25, 0.3) is 0 Å². The minimum atomic E-state index is 0.142. The summed E-state index contributed by atoms with van der Waals surface area (Å²) in [6.45, 7) is 14.7. The van der Waals surface area contributed by atoms with Gasteiger partial charge in [-0.15, -0.1) is 0 Å². The molecule has 2 heterocycles. The van der Waals surface area contributed by atoms with Crippen molar-refractivity contribution in [2.45, 2.75) is 57.7 Å². The topological polar surface area (TPSA) is 48.6 Å². The standard InChI is InChI=1S/C16H32N4OS/c1-15(2)11-13(12-16(3,4)19-15)18-14(22)17-5-6-20-7-9-21-10-8-20/h13,19H,5-12H2,1-4H3,(H2,17,18,22). The maximum Gasteiger partial charge on any atom is 0.166 e. The van der Waals surface area contributed by atoms with E-state index in [2.05, 4.69) is 48.5 Å². The number of nitrogens with one attached hydrogen (secondary N) is 3. The zero-order chi connectivity index (χ0) is 16.2. The molecular weight excluding hydrogens is 296 g/mol. The lowest BCUT2D eigenvalue weighted by atomic mass is 9.80. The molecule has 3 N–H and O–H groups in total. The summed E-state index contributed by atoms with van der Waals surface area (Å²) < 4.78 is 5.36. The first-order valence-corrected chi connectivity index (χ1v) is 8.80. The summed E-state index contributed by atoms with van der Waals surface area (Å²) in [5.41, 5.74) is 0.283. The molecule has 22 heavy (non-hydrogen) atoms. The minimum absolute atomic E-state index is 0.142. The lowest BCUT2D eigenvalue weighted by Crippen LogP contribution is -2.62. The van der Waals surface area contributed by atoms with Gasteiger partial charge in [0.2, 0.25) is 0 Å². The van der Waals surface area contributed by atoms with Crippen LogP contribution in [-0.4, -0.2) is 66.5 Å². The quantitative estimate of drug-likeness (QED) is 0.672. The zero-order valence-electron chi connectivity index (χ0n) is 14.5. The van der Waals surface area contributed by atoms with Gasteiger partial charge in [-0.2, -0.15) is 0 Å². The Morgan fingerprint density at radius 1 is 1.18 bits per heavy atom. The highest BCUT2D eigenvalue weighted by Crippen LogP contribution is 2.28. The largest absolute Gasteiger partial charge is 0.379 e. The second kappa shape index (κ2) is 7.43. The molecule has 0 saturated carbocycles. The lowest BCUT2D eigenvalue weighted by Gasteiger charge is -2.46. The van der Waals surface area contributed by atoms with Gasteiger partial charge in [-0.05, 0) is 52.8 Å². The van der Waals surface area contributed by atoms with Crippen molar-refractivity contribution in [3.63, 3.8) is 0 Å². The van der Waals surface area contributed by atoms with Crippen LogP contribution in [-0.2, 0) is 4.74 Å². The molecule has 0 unspecified atom stereocenters. The molecule has 2 rings (SSSR count). The van der Waals surface area contributed by atoms with Crippen molar-refractivity contribution in [2.24, 2.45) is 0 Å². The highest BCUT2D eigenvalue weighted by molar-refractivity contribution is 7.80. The second-order valence-corrected chi connectivity index (χ2v) is 8.26. The molecule has 2 saturated heterocycles. The van der Waals surface area contributed by atoms with Gasteiger partial charge in [-0.1, -0.05) is 0 Å². The summed E-state index contributed by atoms with van der Waals surface area (Å²) in [7, 11) is 0. The van der Waals surface area contributed by atoms with Gasteiger partial charge in [0.1, 0.15) is 0 Å². The fourth-order valence-corrected chi connectivity index (χ4v) is 4.08. The van der Waals surface area contributed by atoms with Crippen molar-refractivity contribution < 1.29 is 4.74 Å². The van der Waals surface area contributed by atoms with Crippen LogP contribution in [0, 0.1) is 0 Å². The third-order valence-corrected chi connectivity index (χ3v) is 4.60. The number of thiocarbonyl (C=S) groups is 1. The molecule has 2 aliphatic heterocycles. The van der Waals surface area contributed by atoms with Crippen LogP contribution in [0.1, 0.15) is 40.5 Å². The Bertz CT molecular complexity index is 364. The Morgan fingerprint density at radius 2 is 1.77 bits per heavy atom. The third-order valence-electron chi connectivity index (χ3n) is 4.34. The van der Waals surface area contributed by atoms with Crippen LogP contribution in [0.15, 0.2) is 0 Å². The van der Waals surface area contributed by atoms with Crippen molar-refractivity contribution in [1.29, 1.82) is 0 Å². The predicted octanol–water partition coefficient (Wildman–Crippen LogP) is 1.09. The van der Waals surface area contributed by atoms with E-state index in [1.807, 2.05) is 0 Å². The number of piperidine rings is 1. The molecule has 2 aliphatic rings. The van der Waals surface area contributed by atoms with Crippen molar-refractivity contribution in [3.8, 4) is 0 Å². The van der Waals surface area contributed by atoms with Crippen LogP contribution < -0.4 is 16.0 Å². The van der Waals surface area contributed by atoms with Gasteiger partial charge < -0.3 is 20.7 Å². The van der Waals surface area contributed by atoms with Crippen LogP contribution >= 0.6 is 12.2 Å². The normalized spacial score (nSPS) is 25.6. The Kier molecular flexibility index (Phi) is 6.05. The van der Waals surface area contributed by atoms with E-state index < -0.39 is 0 Å². The highest BCUT2D eigenvalue weighted by Gasteiger charge is 2.37. The molecule has 128 valence electrons. The van der Waals surface area contributed by atoms with Gasteiger partial charge in [0.15, 0.2) is 5.11 Å². The number of hydrogen-bond acceptors (Lipinski definition) is 4. The Morgan fingerprint density at radius 3 is 2.36 bits per heavy atom. The molecule has 0 spiro atoms. The first-order chi connectivity index (χ1) is 10.3. The molecule has 5 nitrogen and oxygen atoms in total. The molecule has 0 bridgehead atoms. The molecule has 0 radical (unpaired) electrons. The molecule has 0 aliphatic carbocycles. The summed E-state index contributed by atoms with van der Waals surface area (Å²) in [4.78, 5) is 2.41. The van der Waals surface area contributed by atoms with E-state index in [1.54, 1.807) is 0 Å². The summed E-state index contributed by atoms with van der Waals surface area (Å²) in [6.07, 6.45) is 2.17. The Balaban J connectivity index is 1.69. The highest BCUT2D eigenvalue weighted by atomic mass is 32.1. The first kappa shape index (κ1) is 17.9. The molecule has 0 aromatic rings. The molecule has 0 aromatic heterocycles. The lowest BCUT2D eigenvalue weighted by molar-refractivity contribution is 0.0389. The van der Waals surface area contributed by atoms with Gasteiger partial charge in [0.05, 0.1) is 13.2 Å². The zero-order valence-corrected chi connectivity index (χ0v) is 15.3. The summed E-state index contributed by atoms with van der Waals surface area (Å²) in [5, 5.41) is 11.3. The van der Waals surface area contributed by atoms with Crippen molar-refractivity contribution >= 4 is 17.3 Å². The molecule has 0 aromatic carbocycles. The van der Waals surface area contributed by atoms with E-state index in [9.17, 15) is 0 Å². The SMILES string of the molecule is CC1(C)CC(NC(=S)NCCN2CCOCC2)CC(C)(C)N1. The van der Waals surface area contributed by atoms with E-state index >= 15 is 0 Å². The number of nitrogens with zero attached hydrogens (tertiary/aromatic N) is 1. The van der Waals surface area contributed by atoms with Gasteiger partial charge in [-0.3, -0.25) is 4.90 Å². The first-order valence-electron chi connectivity index (χ1n) is 8.40. The Labute approximate surface area is 140 Å². The number of ether oxygens (including phenoxy) is 1. The Hall–Kier alpha value is -0.430. The van der Waals surface area contributed by atoms with Gasteiger partial charge in [0, 0.05) is 43.3 Å². The summed E-state index contributed by atoms with van der Waals surface area (Å²) in [5.74, 6) is 0. The molecule has 2 fully saturated rings. The molecule has 0 amide bonds. The average molecular weight is 329 g/mol. The number of morpholine rings is 1. The fourth-order valence-electron chi connectivity index (χ4n) is 3.81. The predicted molar refractivity (Wildman–Crippen MR) is 95.3 cm³/mol. The minimum Gasteiger partial charge on any atom is -0.379 e. The van der Waals surface area contributed by atoms with E-state index in [-0.39, 0.29) is 11.1 Å². The van der Waals surface area contributed by atoms with Gasteiger partial charge in [0.25, 0.3) is 0 Å². The van der Waals surface area contributed by atoms with Crippen molar-refractivity contribution in [2.75, 3.05) is 39.4 Å². The maximum absolute atomic E-state index is 5.47. The van der Waals surface area contributed by atoms with Crippen LogP contribution in [0.3, 0.4) is 0 Å². The van der Waals surface area contributed by atoms with E-state index in [1.165, 1.54) is 0 Å². The van der Waals surface area contributed by atoms with Crippen LogP contribution in [0.5, 0.6) is 0 Å². The van der Waals surface area contributed by atoms with Gasteiger partial charge >= 0.3 is 0 Å². The molecule has 0 atom stereocenters. The average Bonchev–Trinajstić information content (AvgIpc) is 2.36. The maximum atomic E-state index is 5.47. The molecular formula is C16H32N4OS. The van der Waals surface area contributed by atoms with Gasteiger partial charge in [-0.25, -0.2) is 0 Å². The third kappa shape index (κ3) is 5.99. The number of hydrogen-bond donors (Lipinski definition) is 3. The van der Waals surface area contributed by atoms with Crippen LogP contribution in [0.2, 0.25) is 0 Å². The molecule has 6 heteroatoms.